The molecular formula is C23H27N3O3. The maximum atomic E-state index is 12.6. The molecule has 0 bridgehead atoms. The number of furan rings is 1. The van der Waals surface area contributed by atoms with E-state index in [-0.39, 0.29) is 24.3 Å². The fourth-order valence-corrected chi connectivity index (χ4v) is 3.16. The average Bonchev–Trinajstić information content (AvgIpc) is 3.34. The fourth-order valence-electron chi connectivity index (χ4n) is 3.16. The van der Waals surface area contributed by atoms with Crippen molar-refractivity contribution in [3.05, 3.63) is 83.6 Å². The van der Waals surface area contributed by atoms with Crippen molar-refractivity contribution in [1.82, 2.24) is 15.1 Å². The number of carbonyl (C=O) groups excluding carboxylic acids is 1. The van der Waals surface area contributed by atoms with Gasteiger partial charge in [-0.1, -0.05) is 24.3 Å². The monoisotopic (exact) mass is 393 g/mol. The predicted octanol–water partition coefficient (Wildman–Crippen LogP) is 4.60. The van der Waals surface area contributed by atoms with Crippen molar-refractivity contribution in [2.75, 3.05) is 0 Å². The van der Waals surface area contributed by atoms with Crippen LogP contribution in [-0.2, 0) is 19.6 Å². The molecule has 3 aromatic rings. The Labute approximate surface area is 171 Å². The normalized spacial score (nSPS) is 11.8. The molecule has 152 valence electrons. The number of aromatic nitrogens is 2. The Morgan fingerprint density at radius 3 is 2.86 bits per heavy atom. The number of para-hydroxylation sites is 1. The van der Waals surface area contributed by atoms with Crippen LogP contribution in [0.2, 0.25) is 0 Å². The second kappa shape index (κ2) is 9.28. The highest BCUT2D eigenvalue weighted by Crippen LogP contribution is 2.21. The van der Waals surface area contributed by atoms with Gasteiger partial charge in [0.05, 0.1) is 11.7 Å². The minimum atomic E-state index is -0.264. The van der Waals surface area contributed by atoms with E-state index in [0.29, 0.717) is 5.76 Å². The van der Waals surface area contributed by atoms with Gasteiger partial charge in [-0.2, -0.15) is 5.10 Å². The Balaban J connectivity index is 1.61. The molecule has 1 atom stereocenters. The van der Waals surface area contributed by atoms with Crippen LogP contribution in [0.3, 0.4) is 0 Å². The molecule has 1 N–H and O–H groups in total. The van der Waals surface area contributed by atoms with E-state index in [2.05, 4.69) is 17.0 Å². The first-order valence-electron chi connectivity index (χ1n) is 9.77. The quantitative estimate of drug-likeness (QED) is 0.539. The van der Waals surface area contributed by atoms with Crippen molar-refractivity contribution in [3.8, 4) is 5.75 Å². The maximum Gasteiger partial charge on any atom is 0.287 e. The minimum Gasteiger partial charge on any atom is -0.485 e. The van der Waals surface area contributed by atoms with Gasteiger partial charge in [0.1, 0.15) is 18.1 Å². The van der Waals surface area contributed by atoms with Gasteiger partial charge in [0.2, 0.25) is 0 Å². The van der Waals surface area contributed by atoms with Gasteiger partial charge in [0, 0.05) is 18.3 Å². The van der Waals surface area contributed by atoms with E-state index in [1.54, 1.807) is 12.1 Å². The zero-order valence-electron chi connectivity index (χ0n) is 17.1. The molecule has 3 rings (SSSR count). The Kier molecular flexibility index (Phi) is 6.54. The van der Waals surface area contributed by atoms with E-state index >= 15 is 0 Å². The van der Waals surface area contributed by atoms with Gasteiger partial charge < -0.3 is 14.5 Å². The lowest BCUT2D eigenvalue weighted by Gasteiger charge is -2.12. The van der Waals surface area contributed by atoms with Crippen LogP contribution in [0.4, 0.5) is 0 Å². The summed E-state index contributed by atoms with van der Waals surface area (Å²) in [7, 11) is 0. The summed E-state index contributed by atoms with van der Waals surface area (Å²) in [5.74, 6) is 1.37. The summed E-state index contributed by atoms with van der Waals surface area (Å²) in [6, 6.07) is 11.1. The molecule has 0 saturated carbocycles. The second-order valence-corrected chi connectivity index (χ2v) is 6.88. The predicted molar refractivity (Wildman–Crippen MR) is 112 cm³/mol. The van der Waals surface area contributed by atoms with Crippen molar-refractivity contribution < 1.29 is 13.9 Å². The summed E-state index contributed by atoms with van der Waals surface area (Å²) in [6.45, 7) is 10.7. The summed E-state index contributed by atoms with van der Waals surface area (Å²) in [4.78, 5) is 12.6. The Bertz CT molecular complexity index is 987. The smallest absolute Gasteiger partial charge is 0.287 e. The summed E-state index contributed by atoms with van der Waals surface area (Å²) in [5, 5.41) is 7.39. The summed E-state index contributed by atoms with van der Waals surface area (Å²) in [5.41, 5.74) is 2.96. The van der Waals surface area contributed by atoms with Gasteiger partial charge in [-0.05, 0) is 51.0 Å². The van der Waals surface area contributed by atoms with Crippen molar-refractivity contribution in [1.29, 1.82) is 0 Å². The first-order valence-corrected chi connectivity index (χ1v) is 9.77. The van der Waals surface area contributed by atoms with Crippen LogP contribution in [0.5, 0.6) is 5.75 Å². The molecule has 0 radical (unpaired) electrons. The van der Waals surface area contributed by atoms with E-state index < -0.39 is 0 Å². The number of benzene rings is 1. The zero-order valence-corrected chi connectivity index (χ0v) is 17.1. The molecule has 0 spiro atoms. The molecule has 1 aromatic carbocycles. The number of nitrogens with one attached hydrogen (secondary N) is 1. The molecule has 0 aliphatic heterocycles. The molecule has 0 fully saturated rings. The molecule has 29 heavy (non-hydrogen) atoms. The molecule has 2 aromatic heterocycles. The van der Waals surface area contributed by atoms with Gasteiger partial charge in [-0.3, -0.25) is 9.48 Å². The van der Waals surface area contributed by atoms with Crippen LogP contribution >= 0.6 is 0 Å². The second-order valence-electron chi connectivity index (χ2n) is 6.88. The number of hydrogen-bond donors (Lipinski definition) is 1. The number of hydrogen-bond acceptors (Lipinski definition) is 4. The van der Waals surface area contributed by atoms with Crippen LogP contribution in [0.1, 0.15) is 53.0 Å². The fraction of sp³-hybridized carbons (Fsp3) is 0.304. The van der Waals surface area contributed by atoms with Gasteiger partial charge in [-0.25, -0.2) is 0 Å². The highest BCUT2D eigenvalue weighted by atomic mass is 16.5. The van der Waals surface area contributed by atoms with Gasteiger partial charge >= 0.3 is 0 Å². The number of allylic oxidation sites excluding steroid dienone is 1. The molecule has 0 aliphatic carbocycles. The van der Waals surface area contributed by atoms with E-state index in [4.69, 9.17) is 9.15 Å². The van der Waals surface area contributed by atoms with Crippen LogP contribution in [0, 0.1) is 6.92 Å². The molecule has 1 unspecified atom stereocenters. The van der Waals surface area contributed by atoms with Crippen molar-refractivity contribution in [2.24, 2.45) is 0 Å². The van der Waals surface area contributed by atoms with Gasteiger partial charge in [0.15, 0.2) is 5.76 Å². The molecule has 0 saturated heterocycles. The third kappa shape index (κ3) is 4.96. The van der Waals surface area contributed by atoms with E-state index in [9.17, 15) is 4.79 Å². The number of nitrogens with zero attached hydrogens (tertiary/aromatic N) is 2. The number of carbonyl (C=O) groups is 1. The van der Waals surface area contributed by atoms with Crippen LogP contribution < -0.4 is 10.1 Å². The standard InChI is InChI=1S/C23H27N3O3/c1-5-9-18-10-7-8-11-21(18)28-15-19-12-13-22(29-19)23(27)24-16(3)20-14-26(6-2)25-17(20)4/h5,7-8,10-14,16H,1,6,9,15H2,2-4H3,(H,24,27). The molecule has 6 nitrogen and oxygen atoms in total. The molecule has 0 aliphatic rings. The topological polar surface area (TPSA) is 69.3 Å². The lowest BCUT2D eigenvalue weighted by atomic mass is 10.1. The van der Waals surface area contributed by atoms with Crippen LogP contribution in [-0.4, -0.2) is 15.7 Å². The van der Waals surface area contributed by atoms with Crippen molar-refractivity contribution in [3.63, 3.8) is 0 Å². The Hall–Kier alpha value is -3.28. The molecule has 2 heterocycles. The average molecular weight is 393 g/mol. The molecule has 1 amide bonds. The lowest BCUT2D eigenvalue weighted by Crippen LogP contribution is -2.26. The SMILES string of the molecule is C=CCc1ccccc1OCc1ccc(C(=O)NC(C)c2cn(CC)nc2C)o1. The first-order chi connectivity index (χ1) is 14.0. The van der Waals surface area contributed by atoms with Crippen LogP contribution in [0.15, 0.2) is 59.7 Å². The zero-order chi connectivity index (χ0) is 20.8. The van der Waals surface area contributed by atoms with E-state index in [0.717, 1.165) is 35.5 Å². The largest absolute Gasteiger partial charge is 0.485 e. The van der Waals surface area contributed by atoms with E-state index in [1.807, 2.05) is 62.0 Å². The lowest BCUT2D eigenvalue weighted by molar-refractivity contribution is 0.0907. The maximum absolute atomic E-state index is 12.6. The first kappa shape index (κ1) is 20.5. The summed E-state index contributed by atoms with van der Waals surface area (Å²) in [6.07, 6.45) is 4.53. The molecule has 6 heteroatoms. The minimum absolute atomic E-state index is 0.168. The van der Waals surface area contributed by atoms with Crippen molar-refractivity contribution in [2.45, 2.75) is 46.4 Å². The van der Waals surface area contributed by atoms with E-state index in [1.165, 1.54) is 0 Å². The Morgan fingerprint density at radius 1 is 1.34 bits per heavy atom. The van der Waals surface area contributed by atoms with Gasteiger partial charge in [0.25, 0.3) is 5.91 Å². The molecular weight excluding hydrogens is 366 g/mol. The van der Waals surface area contributed by atoms with Crippen molar-refractivity contribution >= 4 is 5.91 Å². The highest BCUT2D eigenvalue weighted by Gasteiger charge is 2.18. The van der Waals surface area contributed by atoms with Crippen LogP contribution in [0.25, 0.3) is 0 Å². The van der Waals surface area contributed by atoms with Gasteiger partial charge in [-0.15, -0.1) is 6.58 Å². The summed E-state index contributed by atoms with van der Waals surface area (Å²) >= 11 is 0. The summed E-state index contributed by atoms with van der Waals surface area (Å²) < 4.78 is 13.4. The number of amides is 1. The number of rotatable bonds is 9. The Morgan fingerprint density at radius 2 is 2.14 bits per heavy atom. The number of aryl methyl sites for hydroxylation is 2. The third-order valence-electron chi connectivity index (χ3n) is 4.71. The number of ether oxygens (including phenoxy) is 1. The highest BCUT2D eigenvalue weighted by molar-refractivity contribution is 5.91. The third-order valence-corrected chi connectivity index (χ3v) is 4.71.